The smallest absolute Gasteiger partial charge is 0.407 e. The molecule has 8 N–H and O–H groups in total. The molecule has 1 atom stereocenters. The van der Waals surface area contributed by atoms with Gasteiger partial charge in [-0.05, 0) is 40.8 Å². The number of carbonyl (C=O) groups excluding carboxylic acids is 7. The number of amides is 7. The Morgan fingerprint density at radius 3 is 1.82 bits per heavy atom. The highest BCUT2D eigenvalue weighted by atomic mass is 16.5. The van der Waals surface area contributed by atoms with Crippen molar-refractivity contribution in [3.05, 3.63) is 138 Å². The first-order chi connectivity index (χ1) is 35.4. The van der Waals surface area contributed by atoms with Crippen molar-refractivity contribution in [2.45, 2.75) is 24.8 Å². The normalized spacial score (nSPS) is 12.0. The summed E-state index contributed by atoms with van der Waals surface area (Å²) in [5.74, 6) is -5.16. The van der Waals surface area contributed by atoms with Crippen LogP contribution in [0.5, 0.6) is 0 Å². The lowest BCUT2D eigenvalue weighted by atomic mass is 9.98. The van der Waals surface area contributed by atoms with Crippen molar-refractivity contribution in [3.8, 4) is 11.1 Å². The number of carboxylic acid groups (broad SMARTS) is 1. The van der Waals surface area contributed by atoms with E-state index in [9.17, 15) is 43.5 Å². The molecule has 382 valence electrons. The van der Waals surface area contributed by atoms with Crippen LogP contribution >= 0.6 is 0 Å². The number of nitrogens with one attached hydrogen (secondary N) is 7. The molecule has 5 aromatic heterocycles. The number of aromatic carboxylic acids is 1. The fourth-order valence-corrected chi connectivity index (χ4v) is 8.41. The van der Waals surface area contributed by atoms with Gasteiger partial charge in [0.1, 0.15) is 24.0 Å². The van der Waals surface area contributed by atoms with Gasteiger partial charge in [-0.1, -0.05) is 48.5 Å². The molecule has 0 aliphatic heterocycles. The fraction of sp³-hybridized carbons (Fsp3) is 0.245. The average molecular weight is 1010 g/mol. The maximum Gasteiger partial charge on any atom is 0.407 e. The quantitative estimate of drug-likeness (QED) is 0.0578. The van der Waals surface area contributed by atoms with Crippen molar-refractivity contribution in [1.82, 2.24) is 53.7 Å². The molecule has 7 aromatic rings. The first-order valence-electron chi connectivity index (χ1n) is 23.0. The van der Waals surface area contributed by atoms with Crippen LogP contribution < -0.4 is 37.2 Å². The largest absolute Gasteiger partial charge is 0.475 e. The van der Waals surface area contributed by atoms with Crippen molar-refractivity contribution in [1.29, 1.82) is 0 Å². The van der Waals surface area contributed by atoms with E-state index >= 15 is 0 Å². The number of nitrogens with zero attached hydrogens (tertiary/aromatic N) is 8. The number of hydrogen-bond donors (Lipinski definition) is 8. The zero-order valence-corrected chi connectivity index (χ0v) is 40.6. The molecule has 7 amide bonds. The van der Waals surface area contributed by atoms with E-state index in [-0.39, 0.29) is 84.6 Å². The number of benzene rings is 2. The van der Waals surface area contributed by atoms with Gasteiger partial charge in [0.05, 0.1) is 11.4 Å². The Hall–Kier alpha value is -9.81. The number of hydrogen-bond acceptors (Lipinski definition) is 12. The van der Waals surface area contributed by atoms with E-state index in [4.69, 9.17) is 4.74 Å². The van der Waals surface area contributed by atoms with Crippen LogP contribution in [0.4, 0.5) is 27.8 Å². The molecule has 0 spiro atoms. The molecular formula is C49H51N15O10. The predicted molar refractivity (Wildman–Crippen MR) is 266 cm³/mol. The van der Waals surface area contributed by atoms with Gasteiger partial charge in [-0.15, -0.1) is 0 Å². The van der Waals surface area contributed by atoms with E-state index in [0.29, 0.717) is 5.69 Å². The van der Waals surface area contributed by atoms with Crippen molar-refractivity contribution >= 4 is 70.5 Å². The van der Waals surface area contributed by atoms with Gasteiger partial charge in [0.2, 0.25) is 23.5 Å². The van der Waals surface area contributed by atoms with Crippen LogP contribution in [0.1, 0.15) is 82.7 Å². The van der Waals surface area contributed by atoms with Crippen LogP contribution in [0.25, 0.3) is 11.1 Å². The highest BCUT2D eigenvalue weighted by Gasteiger charge is 2.31. The van der Waals surface area contributed by atoms with E-state index in [1.165, 1.54) is 69.3 Å². The molecule has 74 heavy (non-hydrogen) atoms. The average Bonchev–Trinajstić information content (AvgIpc) is 4.23. The number of rotatable bonds is 19. The Morgan fingerprint density at radius 2 is 1.20 bits per heavy atom. The topological polar surface area (TPSA) is 314 Å². The fourth-order valence-electron chi connectivity index (χ4n) is 8.41. The molecule has 0 radical (unpaired) electrons. The molecule has 2 aromatic carbocycles. The number of imidazole rings is 3. The van der Waals surface area contributed by atoms with Crippen molar-refractivity contribution in [2.24, 2.45) is 35.2 Å². The second-order valence-corrected chi connectivity index (χ2v) is 17.3. The third-order valence-corrected chi connectivity index (χ3v) is 12.0. The minimum Gasteiger partial charge on any atom is -0.475 e. The van der Waals surface area contributed by atoms with Crippen LogP contribution in [0, 0.1) is 0 Å². The monoisotopic (exact) mass is 1010 g/mol. The molecule has 0 saturated heterocycles. The molecule has 0 fully saturated rings. The van der Waals surface area contributed by atoms with Crippen molar-refractivity contribution in [2.75, 3.05) is 41.0 Å². The van der Waals surface area contributed by atoms with Gasteiger partial charge < -0.3 is 69.9 Å². The number of carboxylic acids is 1. The first-order valence-corrected chi connectivity index (χ1v) is 23.0. The molecule has 5 heterocycles. The summed E-state index contributed by atoms with van der Waals surface area (Å²) in [7, 11) is 7.87. The lowest BCUT2D eigenvalue weighted by Gasteiger charge is -2.20. The number of fused-ring (bicyclic) bond motifs is 3. The van der Waals surface area contributed by atoms with Crippen LogP contribution in [0.3, 0.4) is 0 Å². The van der Waals surface area contributed by atoms with E-state index < -0.39 is 53.5 Å². The predicted octanol–water partition coefficient (Wildman–Crippen LogP) is 3.19. The molecule has 0 unspecified atom stereocenters. The van der Waals surface area contributed by atoms with Gasteiger partial charge >= 0.3 is 12.1 Å². The summed E-state index contributed by atoms with van der Waals surface area (Å²) in [6, 6.07) is 17.2. The van der Waals surface area contributed by atoms with E-state index in [2.05, 4.69) is 52.2 Å². The van der Waals surface area contributed by atoms with Gasteiger partial charge in [0.15, 0.2) is 17.5 Å². The Kier molecular flexibility index (Phi) is 14.8. The maximum absolute atomic E-state index is 13.9. The number of carbonyl (C=O) groups is 8. The van der Waals surface area contributed by atoms with Crippen LogP contribution in [0.15, 0.2) is 97.8 Å². The summed E-state index contributed by atoms with van der Waals surface area (Å²) in [6.07, 6.45) is 7.72. The van der Waals surface area contributed by atoms with Gasteiger partial charge in [-0.2, -0.15) is 0 Å². The Labute approximate surface area is 421 Å². The lowest BCUT2D eigenvalue weighted by Crippen LogP contribution is -2.46. The standard InChI is InChI=1S/C49H51N15O10/c1-60-19-18-50-40(60)47(70)54-28-20-35(61(2)23-28)44(67)51-17-15-39(65)56-37-24-63(4)41(57-37)46(69)52-16-14-34(55-49(73)74-26-33-31-12-8-6-10-29(31)30-11-7-9-13-32(30)33)43(66)53-27-21-36(62(3)22-27)45(68)59-38-25-64(5)42(58-38)48(71)72/h6-13,18-25,33-34H,14-17,26H2,1-5H3,(H,51,67)(H,52,69)(H,53,66)(H,54,70)(H,55,73)(H,56,65)(H,59,68)(H,71,72)/t34-/m0/s1. The molecule has 0 bridgehead atoms. The highest BCUT2D eigenvalue weighted by molar-refractivity contribution is 6.05. The molecular weight excluding hydrogens is 959 g/mol. The third kappa shape index (κ3) is 11.4. The second-order valence-electron chi connectivity index (χ2n) is 17.3. The summed E-state index contributed by atoms with van der Waals surface area (Å²) >= 11 is 0. The lowest BCUT2D eigenvalue weighted by molar-refractivity contribution is -0.118. The Morgan fingerprint density at radius 1 is 0.622 bits per heavy atom. The summed E-state index contributed by atoms with van der Waals surface area (Å²) in [5.41, 5.74) is 4.89. The number of ether oxygens (including phenoxy) is 1. The minimum absolute atomic E-state index is 0.00688. The third-order valence-electron chi connectivity index (χ3n) is 12.0. The molecule has 25 nitrogen and oxygen atoms in total. The van der Waals surface area contributed by atoms with Crippen LogP contribution in [-0.2, 0) is 49.6 Å². The summed E-state index contributed by atoms with van der Waals surface area (Å²) in [5, 5.41) is 27.9. The van der Waals surface area contributed by atoms with Crippen molar-refractivity contribution < 1.29 is 48.2 Å². The number of alkyl carbamates (subject to hydrolysis) is 1. The molecule has 25 heteroatoms. The Balaban J connectivity index is 0.866. The second kappa shape index (κ2) is 21.7. The van der Waals surface area contributed by atoms with Gasteiger partial charge in [0.25, 0.3) is 23.6 Å². The first kappa shape index (κ1) is 50.6. The zero-order chi connectivity index (χ0) is 52.8. The molecule has 1 aliphatic carbocycles. The summed E-state index contributed by atoms with van der Waals surface area (Å²) < 4.78 is 12.9. The van der Waals surface area contributed by atoms with E-state index in [1.54, 1.807) is 38.1 Å². The van der Waals surface area contributed by atoms with Crippen LogP contribution in [-0.4, -0.2) is 116 Å². The molecule has 1 aliphatic rings. The summed E-state index contributed by atoms with van der Waals surface area (Å²) in [4.78, 5) is 116. The SMILES string of the molecule is Cn1cc(NC(=O)c2nccn2C)cc1C(=O)NCCC(=O)Nc1cn(C)c(C(=O)NCC[C@H](NC(=O)OCC2c3ccccc3-c3ccccc32)C(=O)Nc2cc(C(=O)Nc3cn(C)c(C(=O)O)n3)n(C)c2)n1. The van der Waals surface area contributed by atoms with E-state index in [1.807, 2.05) is 48.5 Å². The Bertz CT molecular complexity index is 3290. The maximum atomic E-state index is 13.9. The molecule has 8 rings (SSSR count). The number of aryl methyl sites for hydroxylation is 5. The van der Waals surface area contributed by atoms with Gasteiger partial charge in [-0.25, -0.2) is 24.5 Å². The molecule has 0 saturated carbocycles. The van der Waals surface area contributed by atoms with Gasteiger partial charge in [0, 0.05) is 97.8 Å². The van der Waals surface area contributed by atoms with Gasteiger partial charge in [-0.3, -0.25) is 28.8 Å². The number of anilines is 4. The van der Waals surface area contributed by atoms with Crippen molar-refractivity contribution in [3.63, 3.8) is 0 Å². The minimum atomic E-state index is -1.29. The van der Waals surface area contributed by atoms with E-state index in [0.717, 1.165) is 22.3 Å². The number of aromatic nitrogens is 8. The zero-order valence-electron chi connectivity index (χ0n) is 40.6. The highest BCUT2D eigenvalue weighted by Crippen LogP contribution is 2.44. The van der Waals surface area contributed by atoms with Crippen LogP contribution in [0.2, 0.25) is 0 Å². The summed E-state index contributed by atoms with van der Waals surface area (Å²) in [6.45, 7) is -0.240.